The third-order valence-corrected chi connectivity index (χ3v) is 4.42. The molecule has 3 rings (SSSR count). The van der Waals surface area contributed by atoms with Gasteiger partial charge in [-0.05, 0) is 43.7 Å². The number of thiophene rings is 1. The Labute approximate surface area is 166 Å². The highest BCUT2D eigenvalue weighted by Gasteiger charge is 2.06. The topological polar surface area (TPSA) is 120 Å². The van der Waals surface area contributed by atoms with Crippen LogP contribution in [0.2, 0.25) is 0 Å². The molecular weight excluding hydrogens is 382 g/mol. The standard InChI is InChI=1S/C17H21N3OS.C2H2O4/c1-12(2)21-16-8-7-15(22-16)11-13-3-5-14(6-4-13)20-17-18-9-10-19-17;3-1(4)2(5)6/h3-8,12H,9-11H2,1-2H3,(H2,18,19,20);(H,3,4)(H,5,6). The van der Waals surface area contributed by atoms with E-state index in [1.807, 2.05) is 0 Å². The number of nitrogens with one attached hydrogen (secondary N) is 2. The average Bonchev–Trinajstić information content (AvgIpc) is 3.29. The fourth-order valence-electron chi connectivity index (χ4n) is 2.27. The van der Waals surface area contributed by atoms with Gasteiger partial charge < -0.3 is 25.6 Å². The van der Waals surface area contributed by atoms with Crippen molar-refractivity contribution in [2.75, 3.05) is 18.4 Å². The maximum atomic E-state index is 9.10. The minimum absolute atomic E-state index is 0.226. The first-order valence-corrected chi connectivity index (χ1v) is 9.51. The fourth-order valence-corrected chi connectivity index (χ4v) is 3.28. The van der Waals surface area contributed by atoms with Crippen molar-refractivity contribution in [3.8, 4) is 5.06 Å². The Morgan fingerprint density at radius 2 is 1.86 bits per heavy atom. The number of ether oxygens (including phenoxy) is 1. The SMILES string of the molecule is CC(C)Oc1ccc(Cc2ccc(NC3=NCCN3)cc2)s1.O=C(O)C(=O)O. The molecule has 1 aromatic heterocycles. The molecule has 8 nitrogen and oxygen atoms in total. The van der Waals surface area contributed by atoms with Crippen molar-refractivity contribution in [3.63, 3.8) is 0 Å². The minimum atomic E-state index is -1.82. The van der Waals surface area contributed by atoms with E-state index in [1.165, 1.54) is 10.4 Å². The van der Waals surface area contributed by atoms with Crippen LogP contribution in [0.3, 0.4) is 0 Å². The summed E-state index contributed by atoms with van der Waals surface area (Å²) in [6.07, 6.45) is 1.16. The molecule has 9 heteroatoms. The lowest BCUT2D eigenvalue weighted by atomic mass is 10.1. The molecule has 28 heavy (non-hydrogen) atoms. The van der Waals surface area contributed by atoms with Gasteiger partial charge in [0, 0.05) is 23.5 Å². The Balaban J connectivity index is 0.000000409. The second kappa shape index (κ2) is 10.3. The number of anilines is 1. The zero-order valence-electron chi connectivity index (χ0n) is 15.6. The molecule has 0 spiro atoms. The number of benzene rings is 1. The summed E-state index contributed by atoms with van der Waals surface area (Å²) in [6.45, 7) is 5.86. The van der Waals surface area contributed by atoms with Gasteiger partial charge in [0.2, 0.25) is 0 Å². The minimum Gasteiger partial charge on any atom is -0.481 e. The van der Waals surface area contributed by atoms with E-state index in [1.54, 1.807) is 11.3 Å². The zero-order chi connectivity index (χ0) is 20.5. The number of aliphatic carboxylic acids is 2. The first-order chi connectivity index (χ1) is 13.3. The monoisotopic (exact) mass is 405 g/mol. The van der Waals surface area contributed by atoms with Crippen LogP contribution in [0.15, 0.2) is 41.4 Å². The van der Waals surface area contributed by atoms with Crippen LogP contribution in [0.25, 0.3) is 0 Å². The van der Waals surface area contributed by atoms with Crippen LogP contribution in [0.1, 0.15) is 24.3 Å². The predicted octanol–water partition coefficient (Wildman–Crippen LogP) is 2.65. The number of carboxylic acid groups (broad SMARTS) is 2. The Morgan fingerprint density at radius 3 is 2.39 bits per heavy atom. The highest BCUT2D eigenvalue weighted by molar-refractivity contribution is 7.13. The number of hydrogen-bond donors (Lipinski definition) is 4. The van der Waals surface area contributed by atoms with E-state index in [4.69, 9.17) is 24.5 Å². The fraction of sp³-hybridized carbons (Fsp3) is 0.316. The van der Waals surface area contributed by atoms with Gasteiger partial charge in [-0.2, -0.15) is 0 Å². The summed E-state index contributed by atoms with van der Waals surface area (Å²) < 4.78 is 5.71. The maximum Gasteiger partial charge on any atom is 0.414 e. The van der Waals surface area contributed by atoms with Crippen LogP contribution in [0, 0.1) is 0 Å². The second-order valence-corrected chi connectivity index (χ2v) is 7.28. The molecule has 0 unspecified atom stereocenters. The van der Waals surface area contributed by atoms with Crippen molar-refractivity contribution >= 4 is 34.9 Å². The van der Waals surface area contributed by atoms with Crippen LogP contribution in [-0.2, 0) is 16.0 Å². The van der Waals surface area contributed by atoms with Gasteiger partial charge in [0.15, 0.2) is 11.0 Å². The van der Waals surface area contributed by atoms with E-state index < -0.39 is 11.9 Å². The molecule has 2 heterocycles. The molecule has 0 bridgehead atoms. The van der Waals surface area contributed by atoms with Crippen LogP contribution in [0.5, 0.6) is 5.06 Å². The highest BCUT2D eigenvalue weighted by Crippen LogP contribution is 2.27. The summed E-state index contributed by atoms with van der Waals surface area (Å²) in [6, 6.07) is 12.7. The van der Waals surface area contributed by atoms with Gasteiger partial charge in [-0.3, -0.25) is 4.99 Å². The molecule has 1 aromatic carbocycles. The molecule has 0 aliphatic carbocycles. The quantitative estimate of drug-likeness (QED) is 0.565. The van der Waals surface area contributed by atoms with E-state index in [9.17, 15) is 0 Å². The lowest BCUT2D eigenvalue weighted by Gasteiger charge is -2.07. The number of carbonyl (C=O) groups is 2. The van der Waals surface area contributed by atoms with Crippen LogP contribution >= 0.6 is 11.3 Å². The molecule has 0 saturated heterocycles. The third kappa shape index (κ3) is 7.28. The van der Waals surface area contributed by atoms with Gasteiger partial charge in [-0.1, -0.05) is 12.1 Å². The summed E-state index contributed by atoms with van der Waals surface area (Å²) in [4.78, 5) is 23.8. The maximum absolute atomic E-state index is 9.10. The number of nitrogens with zero attached hydrogens (tertiary/aromatic N) is 1. The number of hydrogen-bond acceptors (Lipinski definition) is 7. The Hall–Kier alpha value is -3.07. The molecule has 1 aliphatic heterocycles. The summed E-state index contributed by atoms with van der Waals surface area (Å²) in [5.74, 6) is -2.79. The molecular formula is C19H23N3O5S. The van der Waals surface area contributed by atoms with Gasteiger partial charge in [0.05, 0.1) is 12.6 Å². The molecule has 0 atom stereocenters. The molecule has 0 fully saturated rings. The Bertz CT molecular complexity index is 818. The summed E-state index contributed by atoms with van der Waals surface area (Å²) in [5.41, 5.74) is 2.36. The van der Waals surface area contributed by atoms with Crippen molar-refractivity contribution in [3.05, 3.63) is 46.8 Å². The van der Waals surface area contributed by atoms with Gasteiger partial charge in [0.1, 0.15) is 0 Å². The summed E-state index contributed by atoms with van der Waals surface area (Å²) >= 11 is 1.72. The van der Waals surface area contributed by atoms with Gasteiger partial charge >= 0.3 is 11.9 Å². The third-order valence-electron chi connectivity index (χ3n) is 3.44. The van der Waals surface area contributed by atoms with Crippen molar-refractivity contribution in [1.82, 2.24) is 5.32 Å². The molecule has 0 amide bonds. The largest absolute Gasteiger partial charge is 0.481 e. The molecule has 0 saturated carbocycles. The molecule has 1 aliphatic rings. The Kier molecular flexibility index (Phi) is 7.82. The predicted molar refractivity (Wildman–Crippen MR) is 109 cm³/mol. The molecule has 0 radical (unpaired) electrons. The number of guanidine groups is 1. The van der Waals surface area contributed by atoms with E-state index in [0.29, 0.717) is 0 Å². The van der Waals surface area contributed by atoms with E-state index in [-0.39, 0.29) is 6.10 Å². The lowest BCUT2D eigenvalue weighted by molar-refractivity contribution is -0.159. The first-order valence-electron chi connectivity index (χ1n) is 8.69. The van der Waals surface area contributed by atoms with Crippen molar-refractivity contribution < 1.29 is 24.5 Å². The van der Waals surface area contributed by atoms with Crippen LogP contribution in [-0.4, -0.2) is 47.3 Å². The van der Waals surface area contributed by atoms with Gasteiger partial charge in [0.25, 0.3) is 0 Å². The molecule has 2 aromatic rings. The van der Waals surface area contributed by atoms with E-state index in [0.717, 1.165) is 36.2 Å². The first kappa shape index (κ1) is 21.2. The highest BCUT2D eigenvalue weighted by atomic mass is 32.1. The summed E-state index contributed by atoms with van der Waals surface area (Å²) in [7, 11) is 0. The van der Waals surface area contributed by atoms with Crippen LogP contribution in [0.4, 0.5) is 5.69 Å². The van der Waals surface area contributed by atoms with Crippen molar-refractivity contribution in [1.29, 1.82) is 0 Å². The second-order valence-electron chi connectivity index (χ2n) is 6.15. The number of rotatable bonds is 5. The zero-order valence-corrected chi connectivity index (χ0v) is 16.5. The van der Waals surface area contributed by atoms with E-state index >= 15 is 0 Å². The average molecular weight is 405 g/mol. The molecule has 150 valence electrons. The smallest absolute Gasteiger partial charge is 0.414 e. The number of aliphatic imine (C=N–C) groups is 1. The van der Waals surface area contributed by atoms with Crippen molar-refractivity contribution in [2.24, 2.45) is 4.99 Å². The van der Waals surface area contributed by atoms with Crippen LogP contribution < -0.4 is 15.4 Å². The van der Waals surface area contributed by atoms with Crippen molar-refractivity contribution in [2.45, 2.75) is 26.4 Å². The van der Waals surface area contributed by atoms with E-state index in [2.05, 4.69) is 65.9 Å². The normalized spacial score (nSPS) is 12.5. The molecule has 4 N–H and O–H groups in total. The lowest BCUT2D eigenvalue weighted by Crippen LogP contribution is -2.26. The van der Waals surface area contributed by atoms with Gasteiger partial charge in [-0.25, -0.2) is 9.59 Å². The summed E-state index contributed by atoms with van der Waals surface area (Å²) in [5, 5.41) is 22.3. The number of carboxylic acids is 2. The van der Waals surface area contributed by atoms with Gasteiger partial charge in [-0.15, -0.1) is 11.3 Å². The Morgan fingerprint density at radius 1 is 1.18 bits per heavy atom.